The summed E-state index contributed by atoms with van der Waals surface area (Å²) in [5, 5.41) is 11.3. The van der Waals surface area contributed by atoms with Crippen LogP contribution in [0.4, 0.5) is 11.5 Å². The van der Waals surface area contributed by atoms with Crippen LogP contribution < -0.4 is 20.1 Å². The number of carbonyl (C=O) groups excluding carboxylic acids is 2. The third-order valence-corrected chi connectivity index (χ3v) is 6.36. The first-order chi connectivity index (χ1) is 16.5. The van der Waals surface area contributed by atoms with Crippen molar-refractivity contribution in [3.8, 4) is 11.5 Å². The summed E-state index contributed by atoms with van der Waals surface area (Å²) in [7, 11) is 3.14. The Kier molecular flexibility index (Phi) is 5.75. The molecule has 34 heavy (non-hydrogen) atoms. The number of rotatable bonds is 5. The summed E-state index contributed by atoms with van der Waals surface area (Å²) in [5.41, 5.74) is 3.30. The number of Topliss-reactive ketones (excluding diaryl/α,β-unsaturated/α-hetero) is 1. The van der Waals surface area contributed by atoms with Crippen LogP contribution in [0.3, 0.4) is 0 Å². The smallest absolute Gasteiger partial charge is 0.261 e. The van der Waals surface area contributed by atoms with Gasteiger partial charge in [-0.2, -0.15) is 5.10 Å². The number of hydrogen-bond acceptors (Lipinski definition) is 6. The van der Waals surface area contributed by atoms with Crippen molar-refractivity contribution in [2.24, 2.45) is 0 Å². The Hall–Kier alpha value is -3.78. The molecule has 2 heterocycles. The molecule has 5 rings (SSSR count). The molecule has 0 saturated heterocycles. The minimum Gasteiger partial charge on any atom is -0.493 e. The highest BCUT2D eigenvalue weighted by Gasteiger charge is 2.38. The van der Waals surface area contributed by atoms with E-state index in [1.165, 1.54) is 6.20 Å². The van der Waals surface area contributed by atoms with Crippen LogP contribution >= 0.6 is 11.6 Å². The average molecular weight is 479 g/mol. The molecule has 0 unspecified atom stereocenters. The van der Waals surface area contributed by atoms with E-state index in [-0.39, 0.29) is 11.7 Å². The molecule has 0 saturated carbocycles. The van der Waals surface area contributed by atoms with Gasteiger partial charge in [-0.1, -0.05) is 17.7 Å². The van der Waals surface area contributed by atoms with Gasteiger partial charge in [-0.05, 0) is 54.8 Å². The van der Waals surface area contributed by atoms with Crippen molar-refractivity contribution in [1.82, 2.24) is 9.78 Å². The van der Waals surface area contributed by atoms with Crippen molar-refractivity contribution in [3.05, 3.63) is 76.1 Å². The fraction of sp³-hybridized carbons (Fsp3) is 0.240. The molecule has 3 aromatic rings. The highest BCUT2D eigenvalue weighted by molar-refractivity contribution is 6.30. The highest BCUT2D eigenvalue weighted by atomic mass is 35.5. The number of ketones is 1. The second-order valence-electron chi connectivity index (χ2n) is 8.12. The number of hydrogen-bond donors (Lipinski definition) is 2. The van der Waals surface area contributed by atoms with Crippen LogP contribution in [-0.4, -0.2) is 35.7 Å². The second-order valence-corrected chi connectivity index (χ2v) is 8.56. The molecule has 0 bridgehead atoms. The predicted octanol–water partition coefficient (Wildman–Crippen LogP) is 4.83. The summed E-state index contributed by atoms with van der Waals surface area (Å²) in [6.07, 6.45) is 3.47. The van der Waals surface area contributed by atoms with Gasteiger partial charge in [0.2, 0.25) is 0 Å². The number of nitrogens with one attached hydrogen (secondary N) is 2. The fourth-order valence-corrected chi connectivity index (χ4v) is 4.61. The fourth-order valence-electron chi connectivity index (χ4n) is 4.49. The van der Waals surface area contributed by atoms with E-state index in [2.05, 4.69) is 15.7 Å². The van der Waals surface area contributed by atoms with Crippen LogP contribution in [-0.2, 0) is 4.79 Å². The maximum absolute atomic E-state index is 13.1. The van der Waals surface area contributed by atoms with Crippen molar-refractivity contribution >= 4 is 34.8 Å². The molecule has 2 N–H and O–H groups in total. The molecule has 1 aliphatic heterocycles. The zero-order valence-electron chi connectivity index (χ0n) is 18.7. The first kappa shape index (κ1) is 22.0. The number of allylic oxidation sites excluding steroid dienone is 2. The molecule has 0 radical (unpaired) electrons. The SMILES string of the molecule is COc1ccc([C@H]2C3=C(CCCC3=O)Nc3c(C(=O)Nc4ccc(Cl)cc4)cnn32)cc1OC. The first-order valence-electron chi connectivity index (χ1n) is 10.9. The molecule has 1 aliphatic carbocycles. The first-order valence-corrected chi connectivity index (χ1v) is 11.3. The molecule has 174 valence electrons. The lowest BCUT2D eigenvalue weighted by atomic mass is 9.85. The molecule has 2 aromatic carbocycles. The van der Waals surface area contributed by atoms with E-state index < -0.39 is 6.04 Å². The molecular formula is C25H23ClN4O4. The van der Waals surface area contributed by atoms with Crippen molar-refractivity contribution in [2.75, 3.05) is 24.9 Å². The Morgan fingerprint density at radius 2 is 1.88 bits per heavy atom. The predicted molar refractivity (Wildman–Crippen MR) is 129 cm³/mol. The lowest BCUT2D eigenvalue weighted by molar-refractivity contribution is -0.116. The minimum absolute atomic E-state index is 0.0712. The third-order valence-electron chi connectivity index (χ3n) is 6.11. The Labute approximate surface area is 201 Å². The molecule has 9 heteroatoms. The number of nitrogens with zero attached hydrogens (tertiary/aromatic N) is 2. The van der Waals surface area contributed by atoms with E-state index in [4.69, 9.17) is 21.1 Å². The third kappa shape index (κ3) is 3.80. The van der Waals surface area contributed by atoms with Gasteiger partial charge < -0.3 is 20.1 Å². The van der Waals surface area contributed by atoms with Gasteiger partial charge in [0.05, 0.1) is 20.4 Å². The van der Waals surface area contributed by atoms with Gasteiger partial charge in [0.15, 0.2) is 17.3 Å². The quantitative estimate of drug-likeness (QED) is 0.545. The van der Waals surface area contributed by atoms with E-state index in [9.17, 15) is 9.59 Å². The van der Waals surface area contributed by atoms with Gasteiger partial charge in [0, 0.05) is 28.4 Å². The normalized spacial score (nSPS) is 16.9. The average Bonchev–Trinajstić information content (AvgIpc) is 3.27. The number of fused-ring (bicyclic) bond motifs is 1. The molecule has 1 amide bonds. The number of amides is 1. The van der Waals surface area contributed by atoms with E-state index in [1.807, 2.05) is 12.1 Å². The number of anilines is 2. The monoisotopic (exact) mass is 478 g/mol. The molecule has 2 aliphatic rings. The Morgan fingerprint density at radius 3 is 2.62 bits per heavy atom. The summed E-state index contributed by atoms with van der Waals surface area (Å²) in [6, 6.07) is 11.9. The molecule has 1 atom stereocenters. The Morgan fingerprint density at radius 1 is 1.12 bits per heavy atom. The molecule has 1 aromatic heterocycles. The standard InChI is InChI=1S/C25H23ClN4O4/c1-33-20-11-6-14(12-21(20)34-2)23-22-18(4-3-5-19(22)31)29-24-17(13-27-30(23)24)25(32)28-16-9-7-15(26)8-10-16/h6-13,23,29H,3-5H2,1-2H3,(H,28,32)/t23-/m0/s1. The van der Waals surface area contributed by atoms with Crippen LogP contribution in [0.1, 0.15) is 41.2 Å². The van der Waals surface area contributed by atoms with Gasteiger partial charge in [-0.25, -0.2) is 4.68 Å². The number of halogens is 1. The zero-order valence-corrected chi connectivity index (χ0v) is 19.5. The van der Waals surface area contributed by atoms with Crippen molar-refractivity contribution < 1.29 is 19.1 Å². The van der Waals surface area contributed by atoms with E-state index in [0.717, 1.165) is 17.7 Å². The van der Waals surface area contributed by atoms with Crippen LogP contribution in [0, 0.1) is 0 Å². The number of benzene rings is 2. The summed E-state index contributed by atoms with van der Waals surface area (Å²) in [5.74, 6) is 1.45. The molecule has 0 fully saturated rings. The van der Waals surface area contributed by atoms with E-state index >= 15 is 0 Å². The Bertz CT molecular complexity index is 1310. The number of carbonyl (C=O) groups is 2. The molecule has 0 spiro atoms. The lowest BCUT2D eigenvalue weighted by Gasteiger charge is -2.33. The highest BCUT2D eigenvalue weighted by Crippen LogP contribution is 2.43. The number of methoxy groups -OCH3 is 2. The van der Waals surface area contributed by atoms with Crippen molar-refractivity contribution in [2.45, 2.75) is 25.3 Å². The maximum atomic E-state index is 13.1. The van der Waals surface area contributed by atoms with E-state index in [1.54, 1.807) is 49.2 Å². The van der Waals surface area contributed by atoms with Gasteiger partial charge in [-0.15, -0.1) is 0 Å². The zero-order chi connectivity index (χ0) is 23.8. The number of aromatic nitrogens is 2. The van der Waals surface area contributed by atoms with Crippen LogP contribution in [0.2, 0.25) is 5.02 Å². The van der Waals surface area contributed by atoms with Crippen molar-refractivity contribution in [3.63, 3.8) is 0 Å². The van der Waals surface area contributed by atoms with Crippen LogP contribution in [0.15, 0.2) is 59.9 Å². The minimum atomic E-state index is -0.490. The van der Waals surface area contributed by atoms with Crippen LogP contribution in [0.25, 0.3) is 0 Å². The van der Waals surface area contributed by atoms with Crippen molar-refractivity contribution in [1.29, 1.82) is 0 Å². The maximum Gasteiger partial charge on any atom is 0.261 e. The molecule has 8 nitrogen and oxygen atoms in total. The summed E-state index contributed by atoms with van der Waals surface area (Å²) >= 11 is 5.95. The largest absolute Gasteiger partial charge is 0.493 e. The summed E-state index contributed by atoms with van der Waals surface area (Å²) in [6.45, 7) is 0. The topological polar surface area (TPSA) is 94.5 Å². The lowest BCUT2D eigenvalue weighted by Crippen LogP contribution is -2.32. The number of ether oxygens (including phenoxy) is 2. The molecular weight excluding hydrogens is 456 g/mol. The van der Waals surface area contributed by atoms with Crippen LogP contribution in [0.5, 0.6) is 11.5 Å². The van der Waals surface area contributed by atoms with E-state index in [0.29, 0.717) is 52.0 Å². The second kappa shape index (κ2) is 8.87. The van der Waals surface area contributed by atoms with Gasteiger partial charge in [0.1, 0.15) is 17.4 Å². The van der Waals surface area contributed by atoms with Gasteiger partial charge >= 0.3 is 0 Å². The summed E-state index contributed by atoms with van der Waals surface area (Å²) in [4.78, 5) is 26.2. The van der Waals surface area contributed by atoms with Gasteiger partial charge in [0.25, 0.3) is 5.91 Å². The Balaban J connectivity index is 1.58. The van der Waals surface area contributed by atoms with Gasteiger partial charge in [-0.3, -0.25) is 9.59 Å². The summed E-state index contributed by atoms with van der Waals surface area (Å²) < 4.78 is 12.6.